The number of nitro benzene ring substituents is 1. The number of hydrogen-bond acceptors (Lipinski definition) is 7. The molecule has 0 saturated carbocycles. The van der Waals surface area contributed by atoms with Crippen molar-refractivity contribution in [2.45, 2.75) is 39.8 Å². The third-order valence-corrected chi connectivity index (χ3v) is 5.94. The maximum absolute atomic E-state index is 13.5. The first-order chi connectivity index (χ1) is 14.0. The second-order valence-electron chi connectivity index (χ2n) is 8.87. The molecule has 0 aliphatic carbocycles. The molecule has 0 unspecified atom stereocenters. The highest BCUT2D eigenvalue weighted by Crippen LogP contribution is 2.47. The third kappa shape index (κ3) is 2.76. The van der Waals surface area contributed by atoms with Crippen LogP contribution in [0.5, 0.6) is 0 Å². The van der Waals surface area contributed by atoms with Crippen LogP contribution in [0.4, 0.5) is 11.4 Å². The van der Waals surface area contributed by atoms with Crippen LogP contribution >= 0.6 is 0 Å². The van der Waals surface area contributed by atoms with Crippen molar-refractivity contribution in [2.24, 2.45) is 22.4 Å². The van der Waals surface area contributed by atoms with Crippen LogP contribution < -0.4 is 4.90 Å². The monoisotopic (exact) mass is 410 g/mol. The lowest BCUT2D eigenvalue weighted by Crippen LogP contribution is -2.49. The summed E-state index contributed by atoms with van der Waals surface area (Å²) in [6, 6.07) is 2.69. The molecule has 0 radical (unpaired) electrons. The van der Waals surface area contributed by atoms with Gasteiger partial charge in [-0.25, -0.2) is 4.90 Å². The van der Waals surface area contributed by atoms with Crippen molar-refractivity contribution in [3.8, 4) is 0 Å². The van der Waals surface area contributed by atoms with Gasteiger partial charge in [0.1, 0.15) is 6.04 Å². The number of ketones is 1. The zero-order valence-electron chi connectivity index (χ0n) is 17.1. The Balaban J connectivity index is 1.82. The Kier molecular flexibility index (Phi) is 4.37. The zero-order chi connectivity index (χ0) is 22.0. The van der Waals surface area contributed by atoms with Crippen molar-refractivity contribution in [3.63, 3.8) is 0 Å². The smallest absolute Gasteiger partial charge is 0.271 e. The van der Waals surface area contributed by atoms with Crippen molar-refractivity contribution in [1.29, 1.82) is 0 Å². The van der Waals surface area contributed by atoms with E-state index in [-0.39, 0.29) is 17.2 Å². The highest BCUT2D eigenvalue weighted by atomic mass is 16.6. The van der Waals surface area contributed by atoms with Crippen LogP contribution in [0, 0.1) is 34.3 Å². The number of allylic oxidation sites excluding steroid dienone is 1. The first-order valence-electron chi connectivity index (χ1n) is 9.70. The van der Waals surface area contributed by atoms with Crippen LogP contribution in [0.2, 0.25) is 0 Å². The maximum atomic E-state index is 13.5. The van der Waals surface area contributed by atoms with Gasteiger partial charge in [0, 0.05) is 23.8 Å². The van der Waals surface area contributed by atoms with E-state index in [9.17, 15) is 24.5 Å². The fraction of sp³-hybridized carbons (Fsp3) is 0.429. The molecule has 4 rings (SSSR count). The number of nitro groups is 1. The van der Waals surface area contributed by atoms with E-state index in [4.69, 9.17) is 0 Å². The second kappa shape index (κ2) is 6.58. The molecule has 1 aromatic carbocycles. The fourth-order valence-corrected chi connectivity index (χ4v) is 4.47. The first-order valence-corrected chi connectivity index (χ1v) is 9.70. The van der Waals surface area contributed by atoms with Gasteiger partial charge >= 0.3 is 0 Å². The Morgan fingerprint density at radius 3 is 2.47 bits per heavy atom. The summed E-state index contributed by atoms with van der Waals surface area (Å²) in [5, 5.41) is 17.1. The van der Waals surface area contributed by atoms with Crippen LogP contribution in [0.3, 0.4) is 0 Å². The molecule has 3 heterocycles. The van der Waals surface area contributed by atoms with E-state index < -0.39 is 46.1 Å². The minimum absolute atomic E-state index is 0.175. The Hall–Kier alpha value is -3.36. The number of aryl methyl sites for hydroxylation is 1. The molecule has 4 atom stereocenters. The molecule has 156 valence electrons. The maximum Gasteiger partial charge on any atom is 0.271 e. The van der Waals surface area contributed by atoms with Crippen molar-refractivity contribution < 1.29 is 19.3 Å². The molecular formula is C21H22N4O5. The normalized spacial score (nSPS) is 27.5. The minimum atomic E-state index is -0.896. The molecule has 3 aliphatic rings. The van der Waals surface area contributed by atoms with Crippen molar-refractivity contribution in [2.75, 3.05) is 4.90 Å². The number of carbonyl (C=O) groups is 3. The van der Waals surface area contributed by atoms with Crippen LogP contribution in [-0.4, -0.2) is 45.8 Å². The molecule has 9 nitrogen and oxygen atoms in total. The van der Waals surface area contributed by atoms with Gasteiger partial charge in [0.25, 0.3) is 5.69 Å². The lowest BCUT2D eigenvalue weighted by atomic mass is 9.80. The summed E-state index contributed by atoms with van der Waals surface area (Å²) in [7, 11) is 0. The number of carbonyl (C=O) groups excluding carboxylic acids is 3. The third-order valence-electron chi connectivity index (χ3n) is 5.94. The van der Waals surface area contributed by atoms with E-state index in [1.54, 1.807) is 44.9 Å². The Morgan fingerprint density at radius 2 is 1.83 bits per heavy atom. The topological polar surface area (TPSA) is 113 Å². The number of anilines is 1. The minimum Gasteiger partial charge on any atom is -0.297 e. The van der Waals surface area contributed by atoms with Gasteiger partial charge in [0.2, 0.25) is 11.8 Å². The van der Waals surface area contributed by atoms with Crippen LogP contribution in [0.15, 0.2) is 35.5 Å². The summed E-state index contributed by atoms with van der Waals surface area (Å²) in [6.45, 7) is 6.99. The molecular weight excluding hydrogens is 388 g/mol. The van der Waals surface area contributed by atoms with Gasteiger partial charge in [-0.15, -0.1) is 0 Å². The summed E-state index contributed by atoms with van der Waals surface area (Å²) >= 11 is 0. The number of imide groups is 1. The lowest BCUT2D eigenvalue weighted by molar-refractivity contribution is -0.384. The largest absolute Gasteiger partial charge is 0.297 e. The van der Waals surface area contributed by atoms with Gasteiger partial charge in [-0.2, -0.15) is 5.10 Å². The van der Waals surface area contributed by atoms with E-state index in [0.29, 0.717) is 5.56 Å². The van der Waals surface area contributed by atoms with E-state index in [1.165, 1.54) is 24.4 Å². The van der Waals surface area contributed by atoms with Crippen molar-refractivity contribution in [1.82, 2.24) is 5.01 Å². The van der Waals surface area contributed by atoms with Crippen LogP contribution in [0.25, 0.3) is 0 Å². The quantitative estimate of drug-likeness (QED) is 0.429. The highest BCUT2D eigenvalue weighted by Gasteiger charge is 2.65. The predicted octanol–water partition coefficient (Wildman–Crippen LogP) is 2.23. The van der Waals surface area contributed by atoms with Gasteiger partial charge in [-0.1, -0.05) is 32.9 Å². The van der Waals surface area contributed by atoms with Crippen molar-refractivity contribution >= 4 is 35.2 Å². The van der Waals surface area contributed by atoms with Gasteiger partial charge in [0.05, 0.1) is 28.5 Å². The average molecular weight is 410 g/mol. The summed E-state index contributed by atoms with van der Waals surface area (Å²) in [5.41, 5.74) is -0.196. The molecule has 2 fully saturated rings. The number of non-ortho nitro benzene ring substituents is 1. The van der Waals surface area contributed by atoms with Gasteiger partial charge in [0.15, 0.2) is 5.78 Å². The number of hydrogen-bond donors (Lipinski definition) is 0. The molecule has 0 N–H and O–H groups in total. The van der Waals surface area contributed by atoms with E-state index in [1.807, 2.05) is 0 Å². The number of rotatable bonds is 3. The van der Waals surface area contributed by atoms with Gasteiger partial charge < -0.3 is 0 Å². The summed E-state index contributed by atoms with van der Waals surface area (Å²) < 4.78 is 0. The van der Waals surface area contributed by atoms with Gasteiger partial charge in [-0.05, 0) is 18.6 Å². The first kappa shape index (κ1) is 19.9. The lowest BCUT2D eigenvalue weighted by Gasteiger charge is -2.33. The fourth-order valence-electron chi connectivity index (χ4n) is 4.47. The average Bonchev–Trinajstić information content (AvgIpc) is 3.14. The molecule has 30 heavy (non-hydrogen) atoms. The molecule has 9 heteroatoms. The van der Waals surface area contributed by atoms with Crippen molar-refractivity contribution in [3.05, 3.63) is 46.0 Å². The zero-order valence-corrected chi connectivity index (χ0v) is 17.1. The second-order valence-corrected chi connectivity index (χ2v) is 8.87. The highest BCUT2D eigenvalue weighted by molar-refractivity contribution is 6.24. The Labute approximate surface area is 173 Å². The van der Waals surface area contributed by atoms with Crippen LogP contribution in [-0.2, 0) is 14.4 Å². The summed E-state index contributed by atoms with van der Waals surface area (Å²) in [6.07, 6.45) is 5.01. The number of Topliss-reactive ketones (excluding diaryl/α,β-unsaturated/α-hetero) is 1. The molecule has 0 bridgehead atoms. The number of benzene rings is 1. The summed E-state index contributed by atoms with van der Waals surface area (Å²) in [4.78, 5) is 51.8. The van der Waals surface area contributed by atoms with Crippen LogP contribution in [0.1, 0.15) is 26.3 Å². The van der Waals surface area contributed by atoms with E-state index >= 15 is 0 Å². The number of amides is 2. The predicted molar refractivity (Wildman–Crippen MR) is 109 cm³/mol. The standard InChI is InChI=1S/C21H22N4O5/c1-11-7-8-12(25(29)30)10-14(11)23-19(27)15-13-6-5-9-22-24(13)17(16(15)20(23)28)18(26)21(2,3)4/h5-10,13,15-17H,1-4H3/t13-,15-,16-,17+/m0/s1. The molecule has 0 aromatic heterocycles. The molecule has 3 aliphatic heterocycles. The molecule has 0 spiro atoms. The molecule has 2 amide bonds. The van der Waals surface area contributed by atoms with Gasteiger partial charge in [-0.3, -0.25) is 29.5 Å². The Morgan fingerprint density at radius 1 is 1.17 bits per heavy atom. The number of nitrogens with zero attached hydrogens (tertiary/aromatic N) is 4. The molecule has 1 aromatic rings. The number of hydrazone groups is 1. The van der Waals surface area contributed by atoms with E-state index in [0.717, 1.165) is 4.90 Å². The summed E-state index contributed by atoms with van der Waals surface area (Å²) in [5.74, 6) is -2.83. The SMILES string of the molecule is Cc1ccc([N+](=O)[O-])cc1N1C(=O)[C@@H]2[C@H](C1=O)[C@H](C(=O)C(C)(C)C)N1N=CC=C[C@@H]21. The Bertz CT molecular complexity index is 1040. The molecule has 2 saturated heterocycles. The number of fused-ring (bicyclic) bond motifs is 3. The van der Waals surface area contributed by atoms with E-state index in [2.05, 4.69) is 5.10 Å².